The molecular weight excluding hydrogens is 367 g/mol. The van der Waals surface area contributed by atoms with Gasteiger partial charge in [-0.05, 0) is 34.1 Å². The summed E-state index contributed by atoms with van der Waals surface area (Å²) in [5, 5.41) is 3.12. The molecule has 0 unspecified atom stereocenters. The molecule has 0 atom stereocenters. The Morgan fingerprint density at radius 1 is 1.35 bits per heavy atom. The Hall–Kier alpha value is -1.30. The molecule has 0 fully saturated rings. The minimum atomic E-state index is -0.343. The highest BCUT2D eigenvalue weighted by molar-refractivity contribution is 9.10. The SMILES string of the molecule is COc1ccc(Br)c(NC(=O)c2cnc(Cl)c(Cl)c2)c1. The van der Waals surface area contributed by atoms with Gasteiger partial charge in [0.2, 0.25) is 0 Å². The number of carbonyl (C=O) groups is 1. The highest BCUT2D eigenvalue weighted by Crippen LogP contribution is 2.28. The molecule has 1 aromatic heterocycles. The van der Waals surface area contributed by atoms with Crippen molar-refractivity contribution in [1.29, 1.82) is 0 Å². The van der Waals surface area contributed by atoms with E-state index in [4.69, 9.17) is 27.9 Å². The predicted octanol–water partition coefficient (Wildman–Crippen LogP) is 4.41. The van der Waals surface area contributed by atoms with Crippen LogP contribution in [0.5, 0.6) is 5.75 Å². The number of rotatable bonds is 3. The maximum atomic E-state index is 12.1. The fourth-order valence-electron chi connectivity index (χ4n) is 1.47. The van der Waals surface area contributed by atoms with E-state index in [9.17, 15) is 4.79 Å². The number of hydrogen-bond donors (Lipinski definition) is 1. The van der Waals surface area contributed by atoms with E-state index < -0.39 is 0 Å². The number of benzene rings is 1. The van der Waals surface area contributed by atoms with Crippen LogP contribution in [0, 0.1) is 0 Å². The topological polar surface area (TPSA) is 51.2 Å². The fraction of sp³-hybridized carbons (Fsp3) is 0.0769. The Morgan fingerprint density at radius 3 is 2.75 bits per heavy atom. The molecule has 20 heavy (non-hydrogen) atoms. The lowest BCUT2D eigenvalue weighted by molar-refractivity contribution is 0.102. The average Bonchev–Trinajstić information content (AvgIpc) is 2.44. The summed E-state index contributed by atoms with van der Waals surface area (Å²) in [4.78, 5) is 15.9. The van der Waals surface area contributed by atoms with Crippen molar-refractivity contribution in [1.82, 2.24) is 4.98 Å². The molecular formula is C13H9BrCl2N2O2. The van der Waals surface area contributed by atoms with Gasteiger partial charge in [-0.15, -0.1) is 0 Å². The number of halogens is 3. The van der Waals surface area contributed by atoms with E-state index in [2.05, 4.69) is 26.2 Å². The Morgan fingerprint density at radius 2 is 2.10 bits per heavy atom. The number of nitrogens with one attached hydrogen (secondary N) is 1. The normalized spacial score (nSPS) is 10.2. The summed E-state index contributed by atoms with van der Waals surface area (Å²) in [5.41, 5.74) is 0.898. The Labute approximate surface area is 134 Å². The van der Waals surface area contributed by atoms with Gasteiger partial charge in [-0.2, -0.15) is 0 Å². The lowest BCUT2D eigenvalue weighted by Gasteiger charge is -2.09. The molecule has 2 rings (SSSR count). The third kappa shape index (κ3) is 3.42. The number of anilines is 1. The van der Waals surface area contributed by atoms with Gasteiger partial charge in [0, 0.05) is 16.7 Å². The van der Waals surface area contributed by atoms with Crippen molar-refractivity contribution in [2.24, 2.45) is 0 Å². The summed E-state index contributed by atoms with van der Waals surface area (Å²) in [5.74, 6) is 0.292. The van der Waals surface area contributed by atoms with E-state index in [1.165, 1.54) is 12.3 Å². The molecule has 0 saturated heterocycles. The first-order chi connectivity index (χ1) is 9.51. The van der Waals surface area contributed by atoms with Crippen molar-refractivity contribution in [3.8, 4) is 5.75 Å². The number of pyridine rings is 1. The lowest BCUT2D eigenvalue weighted by atomic mass is 10.2. The minimum Gasteiger partial charge on any atom is -0.497 e. The van der Waals surface area contributed by atoms with E-state index in [1.54, 1.807) is 25.3 Å². The van der Waals surface area contributed by atoms with Crippen LogP contribution in [0.25, 0.3) is 0 Å². The second-order valence-electron chi connectivity index (χ2n) is 3.80. The van der Waals surface area contributed by atoms with E-state index in [0.29, 0.717) is 17.0 Å². The van der Waals surface area contributed by atoms with Crippen molar-refractivity contribution in [3.63, 3.8) is 0 Å². The van der Waals surface area contributed by atoms with Crippen LogP contribution in [0.15, 0.2) is 34.9 Å². The first-order valence-electron chi connectivity index (χ1n) is 5.47. The second kappa shape index (κ2) is 6.43. The first kappa shape index (κ1) is 15.1. The quantitative estimate of drug-likeness (QED) is 0.808. The molecule has 104 valence electrons. The van der Waals surface area contributed by atoms with Gasteiger partial charge in [0.25, 0.3) is 5.91 Å². The zero-order valence-electron chi connectivity index (χ0n) is 10.3. The van der Waals surface area contributed by atoms with Crippen LogP contribution < -0.4 is 10.1 Å². The largest absolute Gasteiger partial charge is 0.497 e. The lowest BCUT2D eigenvalue weighted by Crippen LogP contribution is -2.12. The van der Waals surface area contributed by atoms with E-state index >= 15 is 0 Å². The van der Waals surface area contributed by atoms with Gasteiger partial charge < -0.3 is 10.1 Å². The molecule has 1 amide bonds. The molecule has 0 saturated carbocycles. The summed E-state index contributed by atoms with van der Waals surface area (Å²) in [6.07, 6.45) is 1.36. The summed E-state index contributed by atoms with van der Waals surface area (Å²) in [7, 11) is 1.55. The summed E-state index contributed by atoms with van der Waals surface area (Å²) < 4.78 is 5.84. The molecule has 1 aromatic carbocycles. The van der Waals surface area contributed by atoms with Crippen LogP contribution in [0.4, 0.5) is 5.69 Å². The van der Waals surface area contributed by atoms with Crippen LogP contribution in [-0.2, 0) is 0 Å². The van der Waals surface area contributed by atoms with E-state index in [0.717, 1.165) is 4.47 Å². The van der Waals surface area contributed by atoms with Gasteiger partial charge in [-0.1, -0.05) is 23.2 Å². The van der Waals surface area contributed by atoms with E-state index in [-0.39, 0.29) is 16.1 Å². The van der Waals surface area contributed by atoms with Crippen LogP contribution in [-0.4, -0.2) is 18.0 Å². The monoisotopic (exact) mass is 374 g/mol. The Balaban J connectivity index is 2.25. The van der Waals surface area contributed by atoms with Crippen molar-refractivity contribution in [2.75, 3.05) is 12.4 Å². The second-order valence-corrected chi connectivity index (χ2v) is 5.42. The number of ether oxygens (including phenoxy) is 1. The average molecular weight is 376 g/mol. The minimum absolute atomic E-state index is 0.158. The van der Waals surface area contributed by atoms with Crippen LogP contribution in [0.2, 0.25) is 10.2 Å². The van der Waals surface area contributed by atoms with Crippen LogP contribution in [0.3, 0.4) is 0 Å². The van der Waals surface area contributed by atoms with Crippen molar-refractivity contribution in [2.45, 2.75) is 0 Å². The highest BCUT2D eigenvalue weighted by atomic mass is 79.9. The van der Waals surface area contributed by atoms with Crippen LogP contribution >= 0.6 is 39.1 Å². The smallest absolute Gasteiger partial charge is 0.257 e. The number of aromatic nitrogens is 1. The van der Waals surface area contributed by atoms with Gasteiger partial charge in [0.05, 0.1) is 23.4 Å². The van der Waals surface area contributed by atoms with Gasteiger partial charge in [-0.25, -0.2) is 4.98 Å². The number of nitrogens with zero attached hydrogens (tertiary/aromatic N) is 1. The highest BCUT2D eigenvalue weighted by Gasteiger charge is 2.11. The number of amides is 1. The van der Waals surface area contributed by atoms with Gasteiger partial charge in [0.15, 0.2) is 0 Å². The molecule has 0 radical (unpaired) electrons. The number of methoxy groups -OCH3 is 1. The van der Waals surface area contributed by atoms with Crippen molar-refractivity contribution in [3.05, 3.63) is 50.7 Å². The van der Waals surface area contributed by atoms with Crippen molar-refractivity contribution >= 4 is 50.7 Å². The van der Waals surface area contributed by atoms with E-state index in [1.807, 2.05) is 0 Å². The summed E-state index contributed by atoms with van der Waals surface area (Å²) in [6.45, 7) is 0. The molecule has 2 aromatic rings. The first-order valence-corrected chi connectivity index (χ1v) is 7.02. The Kier molecular flexibility index (Phi) is 4.86. The maximum Gasteiger partial charge on any atom is 0.257 e. The molecule has 1 N–H and O–H groups in total. The van der Waals surface area contributed by atoms with Crippen LogP contribution in [0.1, 0.15) is 10.4 Å². The third-order valence-corrected chi connectivity index (χ3v) is 3.86. The zero-order valence-corrected chi connectivity index (χ0v) is 13.4. The molecule has 4 nitrogen and oxygen atoms in total. The third-order valence-electron chi connectivity index (χ3n) is 2.48. The molecule has 1 heterocycles. The van der Waals surface area contributed by atoms with Gasteiger partial charge in [-0.3, -0.25) is 4.79 Å². The van der Waals surface area contributed by atoms with Gasteiger partial charge in [0.1, 0.15) is 10.9 Å². The van der Waals surface area contributed by atoms with Crippen molar-refractivity contribution < 1.29 is 9.53 Å². The molecule has 0 spiro atoms. The standard InChI is InChI=1S/C13H9BrCl2N2O2/c1-20-8-2-3-9(14)11(5-8)18-13(19)7-4-10(15)12(16)17-6-7/h2-6H,1H3,(H,18,19). The predicted molar refractivity (Wildman–Crippen MR) is 82.9 cm³/mol. The zero-order chi connectivity index (χ0) is 14.7. The molecule has 0 aliphatic heterocycles. The molecule has 0 aliphatic carbocycles. The molecule has 0 aliphatic rings. The van der Waals surface area contributed by atoms with Gasteiger partial charge >= 0.3 is 0 Å². The number of hydrogen-bond acceptors (Lipinski definition) is 3. The Bertz CT molecular complexity index is 665. The molecule has 0 bridgehead atoms. The summed E-state index contributed by atoms with van der Waals surface area (Å²) >= 11 is 14.9. The fourth-order valence-corrected chi connectivity index (χ4v) is 2.08. The molecule has 7 heteroatoms. The summed E-state index contributed by atoms with van der Waals surface area (Å²) in [6, 6.07) is 6.72. The number of carbonyl (C=O) groups excluding carboxylic acids is 1. The maximum absolute atomic E-state index is 12.1.